The van der Waals surface area contributed by atoms with E-state index in [1.165, 1.54) is 0 Å². The second-order valence-corrected chi connectivity index (χ2v) is 7.11. The van der Waals surface area contributed by atoms with Gasteiger partial charge < -0.3 is 25.1 Å². The van der Waals surface area contributed by atoms with E-state index in [4.69, 9.17) is 0 Å². The van der Waals surface area contributed by atoms with Gasteiger partial charge in [0.1, 0.15) is 17.2 Å². The number of benzene rings is 2. The summed E-state index contributed by atoms with van der Waals surface area (Å²) in [5.74, 6) is -0.494. The van der Waals surface area contributed by atoms with Crippen LogP contribution in [0.2, 0.25) is 0 Å². The number of hydrogen-bond donors (Lipinski definition) is 5. The molecule has 1 unspecified atom stereocenters. The zero-order valence-corrected chi connectivity index (χ0v) is 13.4. The van der Waals surface area contributed by atoms with Crippen molar-refractivity contribution in [3.63, 3.8) is 0 Å². The van der Waals surface area contributed by atoms with E-state index >= 15 is 0 Å². The van der Waals surface area contributed by atoms with Crippen molar-refractivity contribution in [1.82, 2.24) is 0 Å². The Labute approximate surface area is 133 Å². The number of aromatic hydroxyl groups is 3. The summed E-state index contributed by atoms with van der Waals surface area (Å²) in [7, 11) is -4.60. The maximum absolute atomic E-state index is 11.6. The minimum atomic E-state index is -4.60. The Kier molecular flexibility index (Phi) is 5.00. The molecule has 0 aliphatic carbocycles. The van der Waals surface area contributed by atoms with Crippen molar-refractivity contribution in [3.05, 3.63) is 47.5 Å². The zero-order chi connectivity index (χ0) is 17.2. The van der Waals surface area contributed by atoms with Gasteiger partial charge in [-0.25, -0.2) is 0 Å². The van der Waals surface area contributed by atoms with Gasteiger partial charge in [-0.05, 0) is 42.5 Å². The van der Waals surface area contributed by atoms with Crippen LogP contribution in [-0.2, 0) is 11.0 Å². The molecule has 0 spiro atoms. The lowest BCUT2D eigenvalue weighted by Crippen LogP contribution is -2.12. The topological polar surface area (TPSA) is 118 Å². The molecule has 0 radical (unpaired) electrons. The van der Waals surface area contributed by atoms with Crippen LogP contribution in [0.15, 0.2) is 36.4 Å². The molecule has 1 atom stereocenters. The van der Waals surface area contributed by atoms with Crippen LogP contribution in [0.5, 0.6) is 17.2 Å². The molecule has 0 aliphatic rings. The average Bonchev–Trinajstić information content (AvgIpc) is 2.45. The number of hydrogen-bond acceptors (Lipinski definition) is 4. The minimum absolute atomic E-state index is 0.0634. The Morgan fingerprint density at radius 3 is 2.17 bits per heavy atom. The van der Waals surface area contributed by atoms with Crippen LogP contribution in [0.1, 0.15) is 30.4 Å². The van der Waals surface area contributed by atoms with Crippen LogP contribution < -0.4 is 5.30 Å². The van der Waals surface area contributed by atoms with E-state index in [1.807, 2.05) is 6.92 Å². The third-order valence-electron chi connectivity index (χ3n) is 3.79. The summed E-state index contributed by atoms with van der Waals surface area (Å²) in [4.78, 5) is 18.8. The predicted octanol–water partition coefficient (Wildman–Crippen LogP) is 2.34. The third-order valence-corrected chi connectivity index (χ3v) is 4.82. The summed E-state index contributed by atoms with van der Waals surface area (Å²) in [6.45, 7) is 1.95. The van der Waals surface area contributed by atoms with Crippen molar-refractivity contribution >= 4 is 12.9 Å². The Bertz CT molecular complexity index is 735. The smallest absolute Gasteiger partial charge is 0.356 e. The van der Waals surface area contributed by atoms with Crippen molar-refractivity contribution < 1.29 is 29.7 Å². The van der Waals surface area contributed by atoms with E-state index in [1.54, 1.807) is 24.3 Å². The molecule has 0 saturated carbocycles. The molecule has 2 aromatic carbocycles. The van der Waals surface area contributed by atoms with Crippen LogP contribution >= 0.6 is 7.60 Å². The molecule has 0 bridgehead atoms. The molecule has 0 amide bonds. The molecule has 2 aromatic rings. The van der Waals surface area contributed by atoms with E-state index in [2.05, 4.69) is 0 Å². The van der Waals surface area contributed by atoms with Crippen LogP contribution in [0.3, 0.4) is 0 Å². The molecule has 23 heavy (non-hydrogen) atoms. The Hall–Kier alpha value is -2.01. The second kappa shape index (κ2) is 6.62. The van der Waals surface area contributed by atoms with Gasteiger partial charge in [0.15, 0.2) is 0 Å². The molecule has 124 valence electrons. The summed E-state index contributed by atoms with van der Waals surface area (Å²) >= 11 is 0. The zero-order valence-electron chi connectivity index (χ0n) is 12.5. The van der Waals surface area contributed by atoms with Crippen LogP contribution in [0.25, 0.3) is 0 Å². The fraction of sp³-hybridized carbons (Fsp3) is 0.250. The molecule has 0 aromatic heterocycles. The molecule has 0 fully saturated rings. The van der Waals surface area contributed by atoms with E-state index in [-0.39, 0.29) is 34.7 Å². The average molecular weight is 338 g/mol. The van der Waals surface area contributed by atoms with E-state index < -0.39 is 13.3 Å². The summed E-state index contributed by atoms with van der Waals surface area (Å²) in [5.41, 5.74) is 1.11. The first-order valence-electron chi connectivity index (χ1n) is 7.08. The van der Waals surface area contributed by atoms with E-state index in [0.29, 0.717) is 6.42 Å². The van der Waals surface area contributed by atoms with Gasteiger partial charge in [-0.15, -0.1) is 0 Å². The molecular weight excluding hydrogens is 319 g/mol. The fourth-order valence-corrected chi connectivity index (χ4v) is 3.35. The summed E-state index contributed by atoms with van der Waals surface area (Å²) in [6.07, 6.45) is 0.782. The standard InChI is InChI=1S/C16H19O6P/c1-10(11-3-5-12(17)6-4-11)2-7-14-15(19)8-13(18)9-16(14)23(20,21)22/h3-6,8-10,17-19H,2,7H2,1H3,(H2,20,21,22). The van der Waals surface area contributed by atoms with Gasteiger partial charge in [-0.2, -0.15) is 0 Å². The summed E-state index contributed by atoms with van der Waals surface area (Å²) < 4.78 is 11.6. The van der Waals surface area contributed by atoms with Crippen molar-refractivity contribution in [2.75, 3.05) is 0 Å². The van der Waals surface area contributed by atoms with Crippen molar-refractivity contribution in [2.24, 2.45) is 0 Å². The second-order valence-electron chi connectivity index (χ2n) is 5.54. The highest BCUT2D eigenvalue weighted by atomic mass is 31.2. The fourth-order valence-electron chi connectivity index (χ4n) is 2.47. The molecule has 0 saturated heterocycles. The van der Waals surface area contributed by atoms with Crippen LogP contribution in [0.4, 0.5) is 0 Å². The van der Waals surface area contributed by atoms with Crippen molar-refractivity contribution in [2.45, 2.75) is 25.7 Å². The highest BCUT2D eigenvalue weighted by molar-refractivity contribution is 7.60. The van der Waals surface area contributed by atoms with Gasteiger partial charge >= 0.3 is 7.60 Å². The first-order chi connectivity index (χ1) is 10.7. The molecular formula is C16H19O6P. The maximum Gasteiger partial charge on any atom is 0.356 e. The normalized spacial score (nSPS) is 13.0. The first-order valence-corrected chi connectivity index (χ1v) is 8.69. The lowest BCUT2D eigenvalue weighted by molar-refractivity contribution is 0.385. The van der Waals surface area contributed by atoms with Gasteiger partial charge in [0, 0.05) is 11.6 Å². The number of phenolic OH excluding ortho intramolecular Hbond substituents is 3. The third kappa shape index (κ3) is 4.26. The predicted molar refractivity (Wildman–Crippen MR) is 86.3 cm³/mol. The summed E-state index contributed by atoms with van der Waals surface area (Å²) in [6, 6.07) is 8.76. The van der Waals surface area contributed by atoms with Crippen LogP contribution in [-0.4, -0.2) is 25.1 Å². The number of phenols is 3. The first kappa shape index (κ1) is 17.3. The SMILES string of the molecule is CC(CCc1c(O)cc(O)cc1P(=O)(O)O)c1ccc(O)cc1. The lowest BCUT2D eigenvalue weighted by Gasteiger charge is -2.16. The highest BCUT2D eigenvalue weighted by Crippen LogP contribution is 2.39. The maximum atomic E-state index is 11.6. The molecule has 0 heterocycles. The van der Waals surface area contributed by atoms with Gasteiger partial charge in [0.05, 0.1) is 5.30 Å². The molecule has 7 heteroatoms. The largest absolute Gasteiger partial charge is 0.508 e. The monoisotopic (exact) mass is 338 g/mol. The molecule has 5 N–H and O–H groups in total. The Morgan fingerprint density at radius 2 is 1.61 bits per heavy atom. The lowest BCUT2D eigenvalue weighted by atomic mass is 9.93. The highest BCUT2D eigenvalue weighted by Gasteiger charge is 2.25. The quantitative estimate of drug-likeness (QED) is 0.534. The molecule has 0 aliphatic heterocycles. The Morgan fingerprint density at radius 1 is 1.00 bits per heavy atom. The van der Waals surface area contributed by atoms with Gasteiger partial charge in [-0.3, -0.25) is 4.57 Å². The van der Waals surface area contributed by atoms with E-state index in [9.17, 15) is 29.7 Å². The van der Waals surface area contributed by atoms with E-state index in [0.717, 1.165) is 17.7 Å². The van der Waals surface area contributed by atoms with Gasteiger partial charge in [0.25, 0.3) is 0 Å². The number of rotatable bonds is 5. The Balaban J connectivity index is 2.23. The van der Waals surface area contributed by atoms with Crippen molar-refractivity contribution in [1.29, 1.82) is 0 Å². The van der Waals surface area contributed by atoms with Crippen LogP contribution in [0, 0.1) is 0 Å². The van der Waals surface area contributed by atoms with Gasteiger partial charge in [-0.1, -0.05) is 19.1 Å². The van der Waals surface area contributed by atoms with Crippen molar-refractivity contribution in [3.8, 4) is 17.2 Å². The van der Waals surface area contributed by atoms with Gasteiger partial charge in [0.2, 0.25) is 0 Å². The molecule has 2 rings (SSSR count). The summed E-state index contributed by atoms with van der Waals surface area (Å²) in [5, 5.41) is 28.3. The minimum Gasteiger partial charge on any atom is -0.508 e. The molecule has 6 nitrogen and oxygen atoms in total.